The molecule has 0 N–H and O–H groups in total. The molecule has 0 unspecified atom stereocenters. The number of aromatic nitrogens is 1. The minimum absolute atomic E-state index is 0.210. The maximum absolute atomic E-state index is 12.0. The molecule has 0 saturated carbocycles. The smallest absolute Gasteiger partial charge is 0.410 e. The molecule has 0 bridgehead atoms. The van der Waals surface area contributed by atoms with Crippen LogP contribution in [-0.4, -0.2) is 41.8 Å². The first-order valence-electron chi connectivity index (χ1n) is 7.34. The zero-order chi connectivity index (χ0) is 15.5. The van der Waals surface area contributed by atoms with Crippen molar-refractivity contribution in [2.45, 2.75) is 39.2 Å². The molecule has 21 heavy (non-hydrogen) atoms. The zero-order valence-electron chi connectivity index (χ0n) is 13.3. The van der Waals surface area contributed by atoms with Gasteiger partial charge in [0.05, 0.1) is 7.11 Å². The summed E-state index contributed by atoms with van der Waals surface area (Å²) < 4.78 is 10.5. The van der Waals surface area contributed by atoms with Crippen LogP contribution in [0.5, 0.6) is 5.88 Å². The number of carbonyl (C=O) groups is 1. The van der Waals surface area contributed by atoms with Crippen LogP contribution in [0.25, 0.3) is 0 Å². The van der Waals surface area contributed by atoms with Crippen molar-refractivity contribution in [3.05, 3.63) is 23.9 Å². The first-order chi connectivity index (χ1) is 9.87. The van der Waals surface area contributed by atoms with Gasteiger partial charge in [-0.1, -0.05) is 6.07 Å². The Morgan fingerprint density at radius 3 is 2.76 bits per heavy atom. The quantitative estimate of drug-likeness (QED) is 0.859. The number of rotatable bonds is 3. The summed E-state index contributed by atoms with van der Waals surface area (Å²) in [6.45, 7) is 7.19. The molecule has 1 aromatic rings. The van der Waals surface area contributed by atoms with E-state index in [-0.39, 0.29) is 6.09 Å². The Bertz CT molecular complexity index is 479. The van der Waals surface area contributed by atoms with Crippen molar-refractivity contribution in [2.24, 2.45) is 5.92 Å². The molecular weight excluding hydrogens is 268 g/mol. The zero-order valence-corrected chi connectivity index (χ0v) is 13.3. The van der Waals surface area contributed by atoms with E-state index >= 15 is 0 Å². The maximum Gasteiger partial charge on any atom is 0.410 e. The van der Waals surface area contributed by atoms with Crippen LogP contribution in [0.4, 0.5) is 4.79 Å². The summed E-state index contributed by atoms with van der Waals surface area (Å²) in [5.41, 5.74) is 0.738. The second kappa shape index (κ2) is 6.33. The van der Waals surface area contributed by atoms with Gasteiger partial charge in [0.2, 0.25) is 5.88 Å². The molecule has 116 valence electrons. The number of methoxy groups -OCH3 is 1. The topological polar surface area (TPSA) is 51.7 Å². The largest absolute Gasteiger partial charge is 0.481 e. The van der Waals surface area contributed by atoms with Gasteiger partial charge < -0.3 is 14.4 Å². The van der Waals surface area contributed by atoms with Gasteiger partial charge in [-0.25, -0.2) is 9.78 Å². The van der Waals surface area contributed by atoms with Crippen molar-refractivity contribution in [1.29, 1.82) is 0 Å². The lowest BCUT2D eigenvalue weighted by atomic mass is 10.00. The highest BCUT2D eigenvalue weighted by Gasteiger charge is 2.29. The van der Waals surface area contributed by atoms with Crippen molar-refractivity contribution >= 4 is 6.09 Å². The number of ether oxygens (including phenoxy) is 2. The summed E-state index contributed by atoms with van der Waals surface area (Å²) in [7, 11) is 1.61. The van der Waals surface area contributed by atoms with E-state index in [0.717, 1.165) is 25.9 Å². The second-order valence-electron chi connectivity index (χ2n) is 6.49. The van der Waals surface area contributed by atoms with E-state index in [9.17, 15) is 4.79 Å². The van der Waals surface area contributed by atoms with Crippen molar-refractivity contribution in [2.75, 3.05) is 20.2 Å². The van der Waals surface area contributed by atoms with Crippen LogP contribution in [0.3, 0.4) is 0 Å². The van der Waals surface area contributed by atoms with E-state index in [1.807, 2.05) is 39.1 Å². The summed E-state index contributed by atoms with van der Waals surface area (Å²) in [6, 6.07) is 3.90. The molecule has 1 fully saturated rings. The normalized spacial score (nSPS) is 18.7. The van der Waals surface area contributed by atoms with Crippen LogP contribution in [-0.2, 0) is 11.2 Å². The number of hydrogen-bond acceptors (Lipinski definition) is 4. The molecule has 1 atom stereocenters. The first kappa shape index (κ1) is 15.6. The Morgan fingerprint density at radius 2 is 2.19 bits per heavy atom. The number of likely N-dealkylation sites (tertiary alicyclic amines) is 1. The highest BCUT2D eigenvalue weighted by atomic mass is 16.6. The Kier molecular flexibility index (Phi) is 4.70. The third kappa shape index (κ3) is 4.62. The van der Waals surface area contributed by atoms with Crippen LogP contribution in [0, 0.1) is 5.92 Å². The van der Waals surface area contributed by atoms with Gasteiger partial charge >= 0.3 is 6.09 Å². The molecular formula is C16H24N2O3. The van der Waals surface area contributed by atoms with Gasteiger partial charge in [-0.15, -0.1) is 0 Å². The standard InChI is InChI=1S/C16H24N2O3/c1-16(2,3)21-15(19)18-8-7-13(11-18)9-12-5-6-14(20-4)17-10-12/h5-6,10,13H,7-9,11H2,1-4H3/t13-/m1/s1. The summed E-state index contributed by atoms with van der Waals surface area (Å²) in [5.74, 6) is 1.09. The van der Waals surface area contributed by atoms with Gasteiger partial charge in [0.1, 0.15) is 5.60 Å². The van der Waals surface area contributed by atoms with Crippen LogP contribution in [0.2, 0.25) is 0 Å². The number of hydrogen-bond donors (Lipinski definition) is 0. The fraction of sp³-hybridized carbons (Fsp3) is 0.625. The van der Waals surface area contributed by atoms with Gasteiger partial charge in [0, 0.05) is 25.4 Å². The van der Waals surface area contributed by atoms with E-state index in [0.29, 0.717) is 11.8 Å². The maximum atomic E-state index is 12.0. The minimum atomic E-state index is -0.435. The lowest BCUT2D eigenvalue weighted by Crippen LogP contribution is -2.35. The SMILES string of the molecule is COc1ccc(C[C@H]2CCN(C(=O)OC(C)(C)C)C2)cn1. The Labute approximate surface area is 126 Å². The van der Waals surface area contributed by atoms with E-state index < -0.39 is 5.60 Å². The monoisotopic (exact) mass is 292 g/mol. The van der Waals surface area contributed by atoms with Gasteiger partial charge in [-0.2, -0.15) is 0 Å². The Morgan fingerprint density at radius 1 is 1.43 bits per heavy atom. The van der Waals surface area contributed by atoms with Gasteiger partial charge in [0.25, 0.3) is 0 Å². The van der Waals surface area contributed by atoms with Gasteiger partial charge in [-0.3, -0.25) is 0 Å². The number of carbonyl (C=O) groups excluding carboxylic acids is 1. The molecule has 0 aliphatic carbocycles. The predicted octanol–water partition coefficient (Wildman–Crippen LogP) is 2.89. The van der Waals surface area contributed by atoms with Crippen molar-refractivity contribution in [3.8, 4) is 5.88 Å². The number of pyridine rings is 1. The van der Waals surface area contributed by atoms with Crippen molar-refractivity contribution < 1.29 is 14.3 Å². The lowest BCUT2D eigenvalue weighted by molar-refractivity contribution is 0.0288. The van der Waals surface area contributed by atoms with E-state index in [4.69, 9.17) is 9.47 Å². The summed E-state index contributed by atoms with van der Waals surface area (Å²) >= 11 is 0. The Hall–Kier alpha value is -1.78. The third-order valence-electron chi connectivity index (χ3n) is 3.47. The van der Waals surface area contributed by atoms with Crippen LogP contribution in [0.1, 0.15) is 32.8 Å². The third-order valence-corrected chi connectivity index (χ3v) is 3.47. The van der Waals surface area contributed by atoms with Crippen LogP contribution < -0.4 is 4.74 Å². The van der Waals surface area contributed by atoms with E-state index in [1.54, 1.807) is 12.0 Å². The Balaban J connectivity index is 1.86. The summed E-state index contributed by atoms with van der Waals surface area (Å²) in [5, 5.41) is 0. The average Bonchev–Trinajstić information content (AvgIpc) is 2.86. The molecule has 1 amide bonds. The van der Waals surface area contributed by atoms with Crippen molar-refractivity contribution in [3.63, 3.8) is 0 Å². The average molecular weight is 292 g/mol. The highest BCUT2D eigenvalue weighted by molar-refractivity contribution is 5.68. The predicted molar refractivity (Wildman–Crippen MR) is 80.4 cm³/mol. The molecule has 1 aliphatic heterocycles. The van der Waals surface area contributed by atoms with E-state index in [1.165, 1.54) is 5.56 Å². The molecule has 0 aromatic carbocycles. The fourth-order valence-electron chi connectivity index (χ4n) is 2.48. The molecule has 0 spiro atoms. The molecule has 0 radical (unpaired) electrons. The molecule has 2 rings (SSSR count). The molecule has 2 heterocycles. The first-order valence-corrected chi connectivity index (χ1v) is 7.34. The molecule has 1 saturated heterocycles. The molecule has 5 nitrogen and oxygen atoms in total. The van der Waals surface area contributed by atoms with Crippen molar-refractivity contribution in [1.82, 2.24) is 9.88 Å². The number of amides is 1. The number of nitrogens with zero attached hydrogens (tertiary/aromatic N) is 2. The van der Waals surface area contributed by atoms with Crippen LogP contribution in [0.15, 0.2) is 18.3 Å². The van der Waals surface area contributed by atoms with Gasteiger partial charge in [-0.05, 0) is 45.1 Å². The molecule has 1 aliphatic rings. The summed E-state index contributed by atoms with van der Waals surface area (Å²) in [4.78, 5) is 18.0. The van der Waals surface area contributed by atoms with E-state index in [2.05, 4.69) is 4.98 Å². The van der Waals surface area contributed by atoms with Gasteiger partial charge in [0.15, 0.2) is 0 Å². The summed E-state index contributed by atoms with van der Waals surface area (Å²) in [6.07, 6.45) is 3.56. The second-order valence-corrected chi connectivity index (χ2v) is 6.49. The highest BCUT2D eigenvalue weighted by Crippen LogP contribution is 2.23. The minimum Gasteiger partial charge on any atom is -0.481 e. The fourth-order valence-corrected chi connectivity index (χ4v) is 2.48. The molecule has 1 aromatic heterocycles. The lowest BCUT2D eigenvalue weighted by Gasteiger charge is -2.24. The molecule has 5 heteroatoms. The van der Waals surface area contributed by atoms with Crippen LogP contribution >= 0.6 is 0 Å².